The van der Waals surface area contributed by atoms with E-state index in [4.69, 9.17) is 9.73 Å². The van der Waals surface area contributed by atoms with Gasteiger partial charge in [0.15, 0.2) is 5.78 Å². The maximum absolute atomic E-state index is 13.5. The highest BCUT2D eigenvalue weighted by Gasteiger charge is 2.44. The molecule has 1 aliphatic carbocycles. The fourth-order valence-corrected chi connectivity index (χ4v) is 5.18. The second-order valence-electron chi connectivity index (χ2n) is 7.42. The van der Waals surface area contributed by atoms with Crippen molar-refractivity contribution >= 4 is 28.8 Å². The number of thiophene rings is 1. The largest absolute Gasteiger partial charge is 0.465 e. The molecule has 1 aliphatic heterocycles. The van der Waals surface area contributed by atoms with Crippen LogP contribution in [-0.2, 0) is 14.3 Å². The smallest absolute Gasteiger partial charge is 0.315 e. The van der Waals surface area contributed by atoms with Crippen LogP contribution in [0.15, 0.2) is 58.0 Å². The van der Waals surface area contributed by atoms with Crippen molar-refractivity contribution in [3.05, 3.63) is 69.3 Å². The Bertz CT molecular complexity index is 992. The first-order valence-corrected chi connectivity index (χ1v) is 10.6. The Morgan fingerprint density at radius 2 is 2.00 bits per heavy atom. The molecule has 0 N–H and O–H groups in total. The third-order valence-electron chi connectivity index (χ3n) is 5.60. The van der Waals surface area contributed by atoms with Gasteiger partial charge in [-0.2, -0.15) is 0 Å². The van der Waals surface area contributed by atoms with Crippen LogP contribution in [0.4, 0.5) is 4.39 Å². The molecule has 0 fully saturated rings. The van der Waals surface area contributed by atoms with E-state index in [1.54, 1.807) is 37.3 Å². The van der Waals surface area contributed by atoms with Gasteiger partial charge >= 0.3 is 5.97 Å². The molecular formula is C23H22FNO3S. The Hall–Kier alpha value is -2.60. The van der Waals surface area contributed by atoms with E-state index < -0.39 is 17.8 Å². The topological polar surface area (TPSA) is 55.7 Å². The molecule has 2 aliphatic rings. The zero-order valence-electron chi connectivity index (χ0n) is 16.4. The summed E-state index contributed by atoms with van der Waals surface area (Å²) in [5, 5.41) is 2.01. The Morgan fingerprint density at radius 3 is 2.66 bits per heavy atom. The molecule has 0 amide bonds. The molecule has 4 rings (SSSR count). The summed E-state index contributed by atoms with van der Waals surface area (Å²) in [4.78, 5) is 31.9. The normalized spacial score (nSPS) is 24.2. The lowest BCUT2D eigenvalue weighted by Crippen LogP contribution is -2.38. The highest BCUT2D eigenvalue weighted by atomic mass is 32.1. The van der Waals surface area contributed by atoms with E-state index in [0.717, 1.165) is 11.3 Å². The Balaban J connectivity index is 1.80. The summed E-state index contributed by atoms with van der Waals surface area (Å²) in [6, 6.07) is 10.1. The number of benzene rings is 1. The van der Waals surface area contributed by atoms with Crippen LogP contribution in [0, 0.1) is 11.7 Å². The summed E-state index contributed by atoms with van der Waals surface area (Å²) in [5.41, 5.74) is 2.69. The van der Waals surface area contributed by atoms with Crippen LogP contribution in [0.2, 0.25) is 0 Å². The van der Waals surface area contributed by atoms with Crippen LogP contribution < -0.4 is 0 Å². The van der Waals surface area contributed by atoms with Crippen molar-refractivity contribution in [1.82, 2.24) is 0 Å². The first kappa shape index (κ1) is 19.7. The van der Waals surface area contributed by atoms with Gasteiger partial charge in [0.25, 0.3) is 0 Å². The number of ether oxygens (including phenoxy) is 1. The molecule has 0 saturated carbocycles. The summed E-state index contributed by atoms with van der Waals surface area (Å²) in [7, 11) is 0. The average Bonchev–Trinajstić information content (AvgIpc) is 3.22. The fourth-order valence-electron chi connectivity index (χ4n) is 4.35. The summed E-state index contributed by atoms with van der Waals surface area (Å²) < 4.78 is 18.8. The molecule has 3 atom stereocenters. The molecule has 1 unspecified atom stereocenters. The predicted molar refractivity (Wildman–Crippen MR) is 111 cm³/mol. The Morgan fingerprint density at radius 1 is 1.24 bits per heavy atom. The number of Topliss-reactive ketones (excluding diaryl/α,β-unsaturated/α-hetero) is 1. The van der Waals surface area contributed by atoms with Crippen molar-refractivity contribution in [2.45, 2.75) is 38.5 Å². The number of carbonyl (C=O) groups is 2. The molecule has 0 radical (unpaired) electrons. The predicted octanol–water partition coefficient (Wildman–Crippen LogP) is 5.03. The van der Waals surface area contributed by atoms with Gasteiger partial charge in [0.1, 0.15) is 11.7 Å². The first-order chi connectivity index (χ1) is 14.0. The lowest BCUT2D eigenvalue weighted by molar-refractivity contribution is -0.146. The molecule has 150 valence electrons. The summed E-state index contributed by atoms with van der Waals surface area (Å²) >= 11 is 1.64. The second-order valence-corrected chi connectivity index (χ2v) is 8.40. The minimum Gasteiger partial charge on any atom is -0.465 e. The van der Waals surface area contributed by atoms with E-state index in [2.05, 4.69) is 0 Å². The van der Waals surface area contributed by atoms with Crippen LogP contribution in [0.3, 0.4) is 0 Å². The molecule has 2 aromatic rings. The van der Waals surface area contributed by atoms with Gasteiger partial charge in [-0.15, -0.1) is 11.3 Å². The van der Waals surface area contributed by atoms with E-state index in [-0.39, 0.29) is 24.1 Å². The standard InChI is InChI=1S/C23H22FNO3S/c1-3-28-23(27)20-13(2)25-17-11-15(19-5-4-10-29-19)12-18(26)22(17)21(20)14-6-8-16(24)9-7-14/h4-10,15,20-21H,3,11-12H2,1-2H3/t15-,20?,21+/m0/s1. The highest BCUT2D eigenvalue weighted by molar-refractivity contribution is 7.10. The van der Waals surface area contributed by atoms with E-state index >= 15 is 0 Å². The number of rotatable bonds is 4. The monoisotopic (exact) mass is 411 g/mol. The van der Waals surface area contributed by atoms with E-state index in [9.17, 15) is 14.0 Å². The number of aliphatic imine (C=N–C) groups is 1. The minimum atomic E-state index is -0.679. The van der Waals surface area contributed by atoms with Crippen molar-refractivity contribution in [3.63, 3.8) is 0 Å². The fraction of sp³-hybridized carbons (Fsp3) is 0.348. The number of carbonyl (C=O) groups excluding carboxylic acids is 2. The average molecular weight is 411 g/mol. The van der Waals surface area contributed by atoms with Crippen molar-refractivity contribution < 1.29 is 18.7 Å². The van der Waals surface area contributed by atoms with Crippen LogP contribution in [-0.4, -0.2) is 24.1 Å². The Kier molecular flexibility index (Phi) is 5.46. The summed E-state index contributed by atoms with van der Waals surface area (Å²) in [6.07, 6.45) is 1.05. The molecule has 29 heavy (non-hydrogen) atoms. The molecule has 0 bridgehead atoms. The maximum Gasteiger partial charge on any atom is 0.315 e. The van der Waals surface area contributed by atoms with Gasteiger partial charge in [0, 0.05) is 40.1 Å². The molecule has 2 heterocycles. The number of halogens is 1. The highest BCUT2D eigenvalue weighted by Crippen LogP contribution is 2.47. The lowest BCUT2D eigenvalue weighted by Gasteiger charge is -2.36. The molecule has 0 spiro atoms. The van der Waals surface area contributed by atoms with Crippen LogP contribution in [0.1, 0.15) is 49.0 Å². The zero-order valence-corrected chi connectivity index (χ0v) is 17.2. The third-order valence-corrected chi connectivity index (χ3v) is 6.64. The van der Waals surface area contributed by atoms with Gasteiger partial charge in [-0.05, 0) is 49.4 Å². The lowest BCUT2D eigenvalue weighted by atomic mass is 9.70. The van der Waals surface area contributed by atoms with Crippen molar-refractivity contribution in [1.29, 1.82) is 0 Å². The maximum atomic E-state index is 13.5. The van der Waals surface area contributed by atoms with Crippen molar-refractivity contribution in [3.8, 4) is 0 Å². The summed E-state index contributed by atoms with van der Waals surface area (Å²) in [6.45, 7) is 3.81. The van der Waals surface area contributed by atoms with Crippen LogP contribution >= 0.6 is 11.3 Å². The van der Waals surface area contributed by atoms with Crippen molar-refractivity contribution in [2.24, 2.45) is 10.9 Å². The first-order valence-electron chi connectivity index (χ1n) is 9.76. The van der Waals surface area contributed by atoms with Gasteiger partial charge in [-0.1, -0.05) is 18.2 Å². The number of allylic oxidation sites excluding steroid dienone is 2. The van der Waals surface area contributed by atoms with E-state index in [1.165, 1.54) is 17.0 Å². The number of esters is 1. The Labute approximate surface area is 173 Å². The molecular weight excluding hydrogens is 389 g/mol. The number of nitrogens with zero attached hydrogens (tertiary/aromatic N) is 1. The van der Waals surface area contributed by atoms with Crippen molar-refractivity contribution in [2.75, 3.05) is 6.61 Å². The quantitative estimate of drug-likeness (QED) is 0.664. The summed E-state index contributed by atoms with van der Waals surface area (Å²) in [5.74, 6) is -1.83. The van der Waals surface area contributed by atoms with Gasteiger partial charge in [0.2, 0.25) is 0 Å². The van der Waals surface area contributed by atoms with Crippen LogP contribution in [0.25, 0.3) is 0 Å². The second kappa shape index (κ2) is 8.03. The number of hydrogen-bond donors (Lipinski definition) is 0. The molecule has 4 nitrogen and oxygen atoms in total. The van der Waals surface area contributed by atoms with Gasteiger partial charge < -0.3 is 4.74 Å². The number of ketones is 1. The molecule has 6 heteroatoms. The third kappa shape index (κ3) is 3.69. The minimum absolute atomic E-state index is 0.00419. The molecule has 1 aromatic heterocycles. The van der Waals surface area contributed by atoms with E-state index in [1.807, 2.05) is 17.5 Å². The van der Waals surface area contributed by atoms with Gasteiger partial charge in [0.05, 0.1) is 6.61 Å². The van der Waals surface area contributed by atoms with Gasteiger partial charge in [-0.3, -0.25) is 14.6 Å². The van der Waals surface area contributed by atoms with Gasteiger partial charge in [-0.25, -0.2) is 4.39 Å². The molecule has 0 saturated heterocycles. The van der Waals surface area contributed by atoms with Crippen LogP contribution in [0.5, 0.6) is 0 Å². The number of hydrogen-bond acceptors (Lipinski definition) is 5. The zero-order chi connectivity index (χ0) is 20.5. The molecule has 1 aromatic carbocycles. The SMILES string of the molecule is CCOC(=O)C1C(C)=NC2=C(C(=O)C[C@@H](c3cccs3)C2)[C@@H]1c1ccc(F)cc1. The van der Waals surface area contributed by atoms with E-state index in [0.29, 0.717) is 24.1 Å².